The van der Waals surface area contributed by atoms with E-state index in [1.54, 1.807) is 0 Å². The maximum atomic E-state index is 11.8. The number of nitrogens with two attached hydrogens (primary N) is 1. The van der Waals surface area contributed by atoms with E-state index in [0.717, 1.165) is 16.9 Å². The first-order chi connectivity index (χ1) is 9.04. The number of hydrogen-bond acceptors (Lipinski definition) is 4. The summed E-state index contributed by atoms with van der Waals surface area (Å²) in [4.78, 5) is 11.4. The van der Waals surface area contributed by atoms with Crippen LogP contribution in [-0.2, 0) is 21.3 Å². The Morgan fingerprint density at radius 3 is 2.58 bits per heavy atom. The zero-order chi connectivity index (χ0) is 14.3. The van der Waals surface area contributed by atoms with Crippen molar-refractivity contribution in [2.24, 2.45) is 5.73 Å². The minimum Gasteiger partial charge on any atom is -0.480 e. The largest absolute Gasteiger partial charge is 0.480 e. The fourth-order valence-electron chi connectivity index (χ4n) is 1.42. The van der Waals surface area contributed by atoms with Crippen LogP contribution in [0.3, 0.4) is 0 Å². The Kier molecular flexibility index (Phi) is 7.12. The van der Waals surface area contributed by atoms with Gasteiger partial charge in [-0.2, -0.15) is 11.8 Å². The molecule has 0 bridgehead atoms. The van der Waals surface area contributed by atoms with Crippen LogP contribution in [0.5, 0.6) is 0 Å². The topological polar surface area (TPSA) is 80.4 Å². The first-order valence-electron chi connectivity index (χ1n) is 6.08. The van der Waals surface area contributed by atoms with Gasteiger partial charge in [0.05, 0.1) is 10.8 Å². The number of benzene rings is 1. The zero-order valence-electron chi connectivity index (χ0n) is 10.9. The highest BCUT2D eigenvalue weighted by molar-refractivity contribution is 7.98. The molecule has 0 heterocycles. The van der Waals surface area contributed by atoms with Crippen molar-refractivity contribution in [2.45, 2.75) is 30.0 Å². The predicted octanol–water partition coefficient (Wildman–Crippen LogP) is 1.85. The van der Waals surface area contributed by atoms with Gasteiger partial charge in [0, 0.05) is 22.2 Å². The Morgan fingerprint density at radius 1 is 1.42 bits per heavy atom. The van der Waals surface area contributed by atoms with Crippen LogP contribution in [0, 0.1) is 0 Å². The van der Waals surface area contributed by atoms with Crippen molar-refractivity contribution in [3.63, 3.8) is 0 Å². The molecule has 106 valence electrons. The molecule has 1 aromatic rings. The number of carboxylic acids is 1. The molecule has 0 aliphatic heterocycles. The van der Waals surface area contributed by atoms with E-state index in [9.17, 15) is 9.00 Å². The Bertz CT molecular complexity index is 434. The second-order valence-electron chi connectivity index (χ2n) is 4.15. The van der Waals surface area contributed by atoms with Crippen LogP contribution < -0.4 is 5.73 Å². The maximum absolute atomic E-state index is 11.8. The highest BCUT2D eigenvalue weighted by Gasteiger charge is 2.10. The number of aliphatic carboxylic acids is 1. The van der Waals surface area contributed by atoms with Crippen LogP contribution in [-0.4, -0.2) is 32.8 Å². The standard InChI is InChI=1S/C13H19NO3S2/c1-2-7-19(17)11-5-3-10(4-6-11)8-18-9-12(14)13(15)16/h3-6,12H,2,7-9,14H2,1H3,(H,15,16)/t12-,19?/m0/s1. The highest BCUT2D eigenvalue weighted by Crippen LogP contribution is 2.15. The average molecular weight is 301 g/mol. The predicted molar refractivity (Wildman–Crippen MR) is 79.8 cm³/mol. The van der Waals surface area contributed by atoms with Crippen molar-refractivity contribution in [1.29, 1.82) is 0 Å². The molecule has 0 fully saturated rings. The third-order valence-electron chi connectivity index (χ3n) is 2.46. The fraction of sp³-hybridized carbons (Fsp3) is 0.462. The molecule has 1 unspecified atom stereocenters. The summed E-state index contributed by atoms with van der Waals surface area (Å²) in [5, 5.41) is 8.66. The second-order valence-corrected chi connectivity index (χ2v) is 6.75. The second kappa shape index (κ2) is 8.35. The van der Waals surface area contributed by atoms with E-state index in [2.05, 4.69) is 0 Å². The van der Waals surface area contributed by atoms with E-state index in [-0.39, 0.29) is 0 Å². The molecule has 1 aromatic carbocycles. The summed E-state index contributed by atoms with van der Waals surface area (Å²) in [5.41, 5.74) is 6.50. The van der Waals surface area contributed by atoms with Gasteiger partial charge >= 0.3 is 5.97 Å². The summed E-state index contributed by atoms with van der Waals surface area (Å²) in [6.45, 7) is 2.01. The molecular formula is C13H19NO3S2. The summed E-state index contributed by atoms with van der Waals surface area (Å²) in [5.74, 6) is 0.806. The zero-order valence-corrected chi connectivity index (χ0v) is 12.5. The number of thioether (sulfide) groups is 1. The molecule has 3 N–H and O–H groups in total. The number of carboxylic acid groups (broad SMARTS) is 1. The van der Waals surface area contributed by atoms with Crippen LogP contribution >= 0.6 is 11.8 Å². The Hall–Kier alpha value is -0.850. The molecule has 4 nitrogen and oxygen atoms in total. The molecule has 2 atom stereocenters. The molecule has 6 heteroatoms. The molecule has 0 radical (unpaired) electrons. The van der Waals surface area contributed by atoms with E-state index >= 15 is 0 Å². The van der Waals surface area contributed by atoms with E-state index in [1.807, 2.05) is 31.2 Å². The van der Waals surface area contributed by atoms with Gasteiger partial charge in [0.1, 0.15) is 6.04 Å². The van der Waals surface area contributed by atoms with Gasteiger partial charge in [-0.1, -0.05) is 19.1 Å². The lowest BCUT2D eigenvalue weighted by Gasteiger charge is -2.06. The van der Waals surface area contributed by atoms with E-state index in [1.165, 1.54) is 11.8 Å². The van der Waals surface area contributed by atoms with Gasteiger partial charge in [-0.3, -0.25) is 9.00 Å². The van der Waals surface area contributed by atoms with Crippen molar-refractivity contribution in [1.82, 2.24) is 0 Å². The van der Waals surface area contributed by atoms with Gasteiger partial charge in [0.15, 0.2) is 0 Å². The molecule has 0 saturated heterocycles. The molecule has 0 saturated carbocycles. The lowest BCUT2D eigenvalue weighted by atomic mass is 10.2. The number of hydrogen-bond donors (Lipinski definition) is 2. The Morgan fingerprint density at radius 2 is 2.05 bits per heavy atom. The Balaban J connectivity index is 2.44. The van der Waals surface area contributed by atoms with Crippen LogP contribution in [0.1, 0.15) is 18.9 Å². The molecule has 0 spiro atoms. The van der Waals surface area contributed by atoms with Crippen LogP contribution in [0.15, 0.2) is 29.2 Å². The van der Waals surface area contributed by atoms with Gasteiger partial charge in [-0.25, -0.2) is 0 Å². The maximum Gasteiger partial charge on any atom is 0.321 e. The summed E-state index contributed by atoms with van der Waals surface area (Å²) >= 11 is 1.49. The monoisotopic (exact) mass is 301 g/mol. The number of carbonyl (C=O) groups is 1. The van der Waals surface area contributed by atoms with E-state index < -0.39 is 22.8 Å². The quantitative estimate of drug-likeness (QED) is 0.766. The minimum atomic E-state index is -0.974. The normalized spacial score (nSPS) is 14.0. The number of rotatable bonds is 8. The van der Waals surface area contributed by atoms with Crippen molar-refractivity contribution < 1.29 is 14.1 Å². The molecular weight excluding hydrogens is 282 g/mol. The molecule has 0 amide bonds. The summed E-state index contributed by atoms with van der Waals surface area (Å²) in [6.07, 6.45) is 0.900. The van der Waals surface area contributed by atoms with Crippen molar-refractivity contribution in [2.75, 3.05) is 11.5 Å². The van der Waals surface area contributed by atoms with Gasteiger partial charge in [-0.05, 0) is 24.1 Å². The molecule has 0 aliphatic carbocycles. The smallest absolute Gasteiger partial charge is 0.321 e. The summed E-state index contributed by atoms with van der Waals surface area (Å²) in [6, 6.07) is 6.79. The Labute approximate surface area is 120 Å². The van der Waals surface area contributed by atoms with Crippen molar-refractivity contribution in [3.05, 3.63) is 29.8 Å². The first kappa shape index (κ1) is 16.2. The van der Waals surface area contributed by atoms with E-state index in [4.69, 9.17) is 10.8 Å². The van der Waals surface area contributed by atoms with Gasteiger partial charge < -0.3 is 10.8 Å². The lowest BCUT2D eigenvalue weighted by molar-refractivity contribution is -0.137. The highest BCUT2D eigenvalue weighted by atomic mass is 32.2. The van der Waals surface area contributed by atoms with E-state index in [0.29, 0.717) is 17.3 Å². The average Bonchev–Trinajstić information content (AvgIpc) is 2.39. The molecule has 0 aliphatic rings. The van der Waals surface area contributed by atoms with Crippen LogP contribution in [0.2, 0.25) is 0 Å². The third-order valence-corrected chi connectivity index (χ3v) is 5.17. The first-order valence-corrected chi connectivity index (χ1v) is 8.55. The van der Waals surface area contributed by atoms with Gasteiger partial charge in [0.2, 0.25) is 0 Å². The van der Waals surface area contributed by atoms with Crippen molar-refractivity contribution >= 4 is 28.5 Å². The van der Waals surface area contributed by atoms with Crippen LogP contribution in [0.4, 0.5) is 0 Å². The van der Waals surface area contributed by atoms with Crippen molar-refractivity contribution in [3.8, 4) is 0 Å². The molecule has 1 rings (SSSR count). The summed E-state index contributed by atoms with van der Waals surface area (Å²) in [7, 11) is -0.915. The third kappa shape index (κ3) is 5.76. The summed E-state index contributed by atoms with van der Waals surface area (Å²) < 4.78 is 11.8. The van der Waals surface area contributed by atoms with Crippen LogP contribution in [0.25, 0.3) is 0 Å². The van der Waals surface area contributed by atoms with Gasteiger partial charge in [0.25, 0.3) is 0 Å². The minimum absolute atomic E-state index is 0.388. The SMILES string of the molecule is CCCS(=O)c1ccc(CSC[C@H](N)C(=O)O)cc1. The fourth-order valence-corrected chi connectivity index (χ4v) is 3.40. The molecule has 19 heavy (non-hydrogen) atoms. The van der Waals surface area contributed by atoms with Gasteiger partial charge in [-0.15, -0.1) is 0 Å². The lowest BCUT2D eigenvalue weighted by Crippen LogP contribution is -2.32. The molecule has 0 aromatic heterocycles.